The van der Waals surface area contributed by atoms with Gasteiger partial charge in [0.2, 0.25) is 0 Å². The van der Waals surface area contributed by atoms with Crippen LogP contribution in [-0.2, 0) is 6.42 Å². The predicted octanol–water partition coefficient (Wildman–Crippen LogP) is 1.45. The van der Waals surface area contributed by atoms with E-state index in [0.29, 0.717) is 12.2 Å². The first kappa shape index (κ1) is 17.8. The molecular weight excluding hydrogens is 248 g/mol. The molecule has 0 saturated carbocycles. The average Bonchev–Trinajstić information content (AvgIpc) is 2.78. The number of hydrogen-bond acceptors (Lipinski definition) is 3. The van der Waals surface area contributed by atoms with E-state index in [1.54, 1.807) is 6.08 Å². The summed E-state index contributed by atoms with van der Waals surface area (Å²) in [7, 11) is 0. The Labute approximate surface area is 121 Å². The highest BCUT2D eigenvalue weighted by molar-refractivity contribution is 5.24. The van der Waals surface area contributed by atoms with Crippen LogP contribution < -0.4 is 22.2 Å². The van der Waals surface area contributed by atoms with Gasteiger partial charge in [-0.05, 0) is 19.4 Å². The topological polar surface area (TPSA) is 80.7 Å². The first-order valence-corrected chi connectivity index (χ1v) is 6.86. The Morgan fingerprint density at radius 3 is 2.60 bits per heavy atom. The third-order valence-corrected chi connectivity index (χ3v) is 2.28. The summed E-state index contributed by atoms with van der Waals surface area (Å²) in [4.78, 5) is 7.60. The Kier molecular flexibility index (Phi) is 9.48. The zero-order valence-corrected chi connectivity index (χ0v) is 12.7. The second kappa shape index (κ2) is 10.7. The standard InChI is InChI=1S/C14H20N4.C2H6/c1-3-4-5-8-12-11(2)17-14(18-12)10-7-6-9-13(15)16;1-2/h3-4,6-9H,2,5,10,15-16H2,1H3,(H,17,18);1-2H3/b4-3-,7-6-,12-8+;. The zero-order valence-electron chi connectivity index (χ0n) is 12.7. The van der Waals surface area contributed by atoms with Crippen LogP contribution in [0.25, 0.3) is 12.7 Å². The molecule has 5 N–H and O–H groups in total. The smallest absolute Gasteiger partial charge is 0.111 e. The van der Waals surface area contributed by atoms with E-state index in [2.05, 4.69) is 22.6 Å². The average molecular weight is 274 g/mol. The molecule has 0 spiro atoms. The largest absolute Gasteiger partial charge is 0.386 e. The predicted molar refractivity (Wildman–Crippen MR) is 87.9 cm³/mol. The van der Waals surface area contributed by atoms with E-state index in [1.807, 2.05) is 45.1 Å². The van der Waals surface area contributed by atoms with E-state index in [4.69, 9.17) is 11.5 Å². The summed E-state index contributed by atoms with van der Waals surface area (Å²) in [5, 5.41) is 1.75. The van der Waals surface area contributed by atoms with Gasteiger partial charge in [0, 0.05) is 6.42 Å². The van der Waals surface area contributed by atoms with Crippen molar-refractivity contribution >= 4 is 12.7 Å². The normalized spacial score (nSPS) is 11.7. The van der Waals surface area contributed by atoms with Gasteiger partial charge in [-0.15, -0.1) is 0 Å². The van der Waals surface area contributed by atoms with Crippen LogP contribution in [0.1, 0.15) is 33.0 Å². The minimum absolute atomic E-state index is 0.295. The minimum Gasteiger partial charge on any atom is -0.386 e. The van der Waals surface area contributed by atoms with Crippen molar-refractivity contribution in [3.63, 3.8) is 0 Å². The molecule has 0 aliphatic rings. The highest BCUT2D eigenvalue weighted by atomic mass is 14.9. The van der Waals surface area contributed by atoms with Gasteiger partial charge in [-0.1, -0.05) is 50.8 Å². The van der Waals surface area contributed by atoms with E-state index in [0.717, 1.165) is 22.9 Å². The third kappa shape index (κ3) is 7.26. The molecule has 0 atom stereocenters. The summed E-state index contributed by atoms with van der Waals surface area (Å²) in [5.74, 6) is 1.18. The van der Waals surface area contributed by atoms with Crippen molar-refractivity contribution in [3.05, 3.63) is 52.7 Å². The van der Waals surface area contributed by atoms with Crippen molar-refractivity contribution in [1.82, 2.24) is 9.97 Å². The molecule has 1 rings (SSSR count). The van der Waals surface area contributed by atoms with Crippen LogP contribution in [0.4, 0.5) is 0 Å². The molecule has 0 unspecified atom stereocenters. The number of nitrogens with two attached hydrogens (primary N) is 2. The second-order valence-corrected chi connectivity index (χ2v) is 3.86. The maximum atomic E-state index is 5.31. The van der Waals surface area contributed by atoms with Gasteiger partial charge >= 0.3 is 0 Å². The summed E-state index contributed by atoms with van der Waals surface area (Å²) >= 11 is 0. The Morgan fingerprint density at radius 2 is 2.00 bits per heavy atom. The van der Waals surface area contributed by atoms with Gasteiger partial charge < -0.3 is 16.5 Å². The number of hydrogen-bond donors (Lipinski definition) is 3. The molecule has 1 aromatic heterocycles. The number of H-pyrrole nitrogens is 1. The SMILES string of the molecule is C=c1[nH]c(C/C=C\C=C(N)N)n/c1=C/C/C=C\C.CC. The molecule has 0 radical (unpaired) electrons. The lowest BCUT2D eigenvalue weighted by Gasteiger charge is -1.87. The van der Waals surface area contributed by atoms with Crippen molar-refractivity contribution in [1.29, 1.82) is 0 Å². The van der Waals surface area contributed by atoms with E-state index < -0.39 is 0 Å². The quantitative estimate of drug-likeness (QED) is 0.561. The van der Waals surface area contributed by atoms with Crippen molar-refractivity contribution in [2.45, 2.75) is 33.6 Å². The molecule has 1 heterocycles. The molecule has 0 amide bonds. The van der Waals surface area contributed by atoms with Crippen molar-refractivity contribution in [2.75, 3.05) is 0 Å². The number of rotatable bonds is 5. The van der Waals surface area contributed by atoms with Gasteiger partial charge in [0.25, 0.3) is 0 Å². The molecule has 4 heteroatoms. The van der Waals surface area contributed by atoms with Gasteiger partial charge in [-0.2, -0.15) is 0 Å². The highest BCUT2D eigenvalue weighted by Gasteiger charge is 1.94. The number of aromatic amines is 1. The van der Waals surface area contributed by atoms with E-state index in [-0.39, 0.29) is 0 Å². The third-order valence-electron chi connectivity index (χ3n) is 2.28. The van der Waals surface area contributed by atoms with Gasteiger partial charge in [0.1, 0.15) is 5.82 Å². The maximum Gasteiger partial charge on any atom is 0.111 e. The molecular formula is C16H26N4. The van der Waals surface area contributed by atoms with Gasteiger partial charge in [0.05, 0.1) is 16.5 Å². The lowest BCUT2D eigenvalue weighted by atomic mass is 10.3. The number of imidazole rings is 1. The zero-order chi connectivity index (χ0) is 15.4. The molecule has 4 nitrogen and oxygen atoms in total. The van der Waals surface area contributed by atoms with Gasteiger partial charge in [-0.25, -0.2) is 4.98 Å². The maximum absolute atomic E-state index is 5.31. The van der Waals surface area contributed by atoms with E-state index >= 15 is 0 Å². The molecule has 1 aromatic rings. The number of aromatic nitrogens is 2. The fourth-order valence-corrected chi connectivity index (χ4v) is 1.42. The van der Waals surface area contributed by atoms with Crippen molar-refractivity contribution in [3.8, 4) is 0 Å². The number of nitrogens with one attached hydrogen (secondary N) is 1. The van der Waals surface area contributed by atoms with Crippen LogP contribution in [0.15, 0.2) is 36.2 Å². The fraction of sp³-hybridized carbons (Fsp3) is 0.312. The Bertz CT molecular complexity index is 558. The van der Waals surface area contributed by atoms with Crippen LogP contribution in [0.5, 0.6) is 0 Å². The van der Waals surface area contributed by atoms with Crippen molar-refractivity contribution in [2.24, 2.45) is 11.5 Å². The number of nitrogens with zero attached hydrogens (tertiary/aromatic N) is 1. The molecule has 20 heavy (non-hydrogen) atoms. The monoisotopic (exact) mass is 274 g/mol. The van der Waals surface area contributed by atoms with Crippen LogP contribution in [0.2, 0.25) is 0 Å². The minimum atomic E-state index is 0.295. The van der Waals surface area contributed by atoms with Crippen molar-refractivity contribution < 1.29 is 0 Å². The van der Waals surface area contributed by atoms with E-state index in [1.165, 1.54) is 0 Å². The Balaban J connectivity index is 0.00000172. The molecule has 0 saturated heterocycles. The second-order valence-electron chi connectivity index (χ2n) is 3.86. The van der Waals surface area contributed by atoms with Crippen LogP contribution >= 0.6 is 0 Å². The number of allylic oxidation sites excluding steroid dienone is 5. The summed E-state index contributed by atoms with van der Waals surface area (Å²) in [6.45, 7) is 9.92. The summed E-state index contributed by atoms with van der Waals surface area (Å²) in [6, 6.07) is 0. The Hall–Kier alpha value is -2.23. The molecule has 0 aliphatic carbocycles. The van der Waals surface area contributed by atoms with Gasteiger partial charge in [0.15, 0.2) is 0 Å². The fourth-order valence-electron chi connectivity index (χ4n) is 1.42. The first-order valence-electron chi connectivity index (χ1n) is 6.86. The van der Waals surface area contributed by atoms with Crippen LogP contribution in [-0.4, -0.2) is 9.97 Å². The highest BCUT2D eigenvalue weighted by Crippen LogP contribution is 1.88. The van der Waals surface area contributed by atoms with E-state index in [9.17, 15) is 0 Å². The molecule has 0 bridgehead atoms. The summed E-state index contributed by atoms with van der Waals surface area (Å²) in [6.07, 6.45) is 13.1. The molecule has 0 aliphatic heterocycles. The molecule has 0 aromatic carbocycles. The summed E-state index contributed by atoms with van der Waals surface area (Å²) in [5.41, 5.74) is 10.6. The Morgan fingerprint density at radius 1 is 1.30 bits per heavy atom. The van der Waals surface area contributed by atoms with Crippen LogP contribution in [0.3, 0.4) is 0 Å². The lowest BCUT2D eigenvalue weighted by Crippen LogP contribution is -2.22. The first-order chi connectivity index (χ1) is 9.63. The molecule has 0 fully saturated rings. The lowest BCUT2D eigenvalue weighted by molar-refractivity contribution is 1.04. The molecule has 110 valence electrons. The van der Waals surface area contributed by atoms with Crippen LogP contribution in [0, 0.1) is 0 Å². The van der Waals surface area contributed by atoms with Gasteiger partial charge in [-0.3, -0.25) is 0 Å². The summed E-state index contributed by atoms with van der Waals surface area (Å²) < 4.78 is 0.